The Bertz CT molecular complexity index is 1090. The predicted molar refractivity (Wildman–Crippen MR) is 117 cm³/mol. The summed E-state index contributed by atoms with van der Waals surface area (Å²) in [7, 11) is 0. The third-order valence-corrected chi connectivity index (χ3v) is 5.84. The summed E-state index contributed by atoms with van der Waals surface area (Å²) in [5.41, 5.74) is 3.26. The van der Waals surface area contributed by atoms with Crippen LogP contribution in [0.5, 0.6) is 0 Å². The number of thioether (sulfide) groups is 1. The topological polar surface area (TPSA) is 44.1 Å². The number of rotatable bonds is 7. The standard InChI is InChI=1S/C24H22N2O2S/c1-2-28-24(27)23(29-22-14-8-9-15-25-22)20-17-26(16-18-10-4-3-5-11-18)21-13-7-6-12-19(20)21/h3-15,17,23H,2,16H2,1H3. The Kier molecular flexibility index (Phi) is 5.96. The van der Waals surface area contributed by atoms with Crippen molar-refractivity contribution >= 4 is 28.6 Å². The second-order valence-corrected chi connectivity index (χ2v) is 7.76. The van der Waals surface area contributed by atoms with Gasteiger partial charge in [0.1, 0.15) is 5.25 Å². The second kappa shape index (κ2) is 8.97. The second-order valence-electron chi connectivity index (χ2n) is 6.63. The van der Waals surface area contributed by atoms with Crippen molar-refractivity contribution in [3.63, 3.8) is 0 Å². The quantitative estimate of drug-likeness (QED) is 0.303. The summed E-state index contributed by atoms with van der Waals surface area (Å²) in [5.74, 6) is -0.245. The van der Waals surface area contributed by atoms with Gasteiger partial charge in [-0.25, -0.2) is 4.98 Å². The van der Waals surface area contributed by atoms with Gasteiger partial charge in [-0.1, -0.05) is 66.4 Å². The molecule has 4 rings (SSSR count). The Morgan fingerprint density at radius 2 is 1.79 bits per heavy atom. The molecule has 0 aliphatic rings. The molecular formula is C24H22N2O2S. The predicted octanol–water partition coefficient (Wildman–Crippen LogP) is 5.48. The first-order chi connectivity index (χ1) is 14.3. The highest BCUT2D eigenvalue weighted by Crippen LogP contribution is 2.39. The van der Waals surface area contributed by atoms with E-state index in [1.165, 1.54) is 17.3 Å². The molecule has 0 spiro atoms. The van der Waals surface area contributed by atoms with Crippen LogP contribution in [0.2, 0.25) is 0 Å². The number of fused-ring (bicyclic) bond motifs is 1. The number of pyridine rings is 1. The van der Waals surface area contributed by atoms with Gasteiger partial charge < -0.3 is 9.30 Å². The average Bonchev–Trinajstić information content (AvgIpc) is 3.12. The van der Waals surface area contributed by atoms with Crippen molar-refractivity contribution in [2.75, 3.05) is 6.61 Å². The summed E-state index contributed by atoms with van der Waals surface area (Å²) < 4.78 is 7.61. The zero-order valence-electron chi connectivity index (χ0n) is 16.2. The first kappa shape index (κ1) is 19.3. The minimum absolute atomic E-state index is 0.245. The zero-order valence-corrected chi connectivity index (χ0v) is 17.0. The minimum Gasteiger partial charge on any atom is -0.465 e. The molecule has 2 aromatic heterocycles. The molecule has 4 aromatic rings. The summed E-state index contributed by atoms with van der Waals surface area (Å²) in [5, 5.41) is 1.38. The lowest BCUT2D eigenvalue weighted by Crippen LogP contribution is -2.13. The van der Waals surface area contributed by atoms with E-state index in [-0.39, 0.29) is 5.97 Å². The maximum Gasteiger partial charge on any atom is 0.324 e. The molecule has 0 bridgehead atoms. The first-order valence-corrected chi connectivity index (χ1v) is 10.5. The molecule has 4 nitrogen and oxygen atoms in total. The third-order valence-electron chi connectivity index (χ3n) is 4.67. The largest absolute Gasteiger partial charge is 0.465 e. The van der Waals surface area contributed by atoms with Gasteiger partial charge in [-0.05, 0) is 30.7 Å². The highest BCUT2D eigenvalue weighted by Gasteiger charge is 2.27. The number of esters is 1. The Hall–Kier alpha value is -3.05. The summed E-state index contributed by atoms with van der Waals surface area (Å²) in [6, 6.07) is 24.2. The van der Waals surface area contributed by atoms with Crippen molar-refractivity contribution in [1.29, 1.82) is 0 Å². The first-order valence-electron chi connectivity index (χ1n) is 9.62. The van der Waals surface area contributed by atoms with Gasteiger partial charge in [-0.2, -0.15) is 0 Å². The molecule has 1 unspecified atom stereocenters. The number of ether oxygens (including phenoxy) is 1. The van der Waals surface area contributed by atoms with Crippen molar-refractivity contribution in [3.05, 3.63) is 96.3 Å². The maximum absolute atomic E-state index is 12.9. The van der Waals surface area contributed by atoms with E-state index in [1.54, 1.807) is 6.20 Å². The molecule has 0 aliphatic carbocycles. The molecule has 0 radical (unpaired) electrons. The molecular weight excluding hydrogens is 380 g/mol. The van der Waals surface area contributed by atoms with Crippen LogP contribution in [0.1, 0.15) is 23.3 Å². The molecule has 0 amide bonds. The summed E-state index contributed by atoms with van der Waals surface area (Å²) in [4.78, 5) is 17.3. The van der Waals surface area contributed by atoms with Gasteiger partial charge in [0.2, 0.25) is 0 Å². The van der Waals surface area contributed by atoms with Gasteiger partial charge in [-0.15, -0.1) is 0 Å². The Balaban J connectivity index is 1.77. The van der Waals surface area contributed by atoms with Crippen LogP contribution in [-0.2, 0) is 16.1 Å². The number of carbonyl (C=O) groups is 1. The molecule has 0 aliphatic heterocycles. The fourth-order valence-corrected chi connectivity index (χ4v) is 4.39. The number of hydrogen-bond acceptors (Lipinski definition) is 4. The van der Waals surface area contributed by atoms with E-state index in [0.717, 1.165) is 28.0 Å². The van der Waals surface area contributed by atoms with Crippen LogP contribution in [0.4, 0.5) is 0 Å². The minimum atomic E-state index is -0.480. The lowest BCUT2D eigenvalue weighted by molar-refractivity contribution is -0.142. The van der Waals surface area contributed by atoms with Crippen molar-refractivity contribution in [2.45, 2.75) is 23.7 Å². The molecule has 2 heterocycles. The number of aromatic nitrogens is 2. The fraction of sp³-hybridized carbons (Fsp3) is 0.167. The van der Waals surface area contributed by atoms with Crippen LogP contribution in [0.3, 0.4) is 0 Å². The molecule has 0 N–H and O–H groups in total. The van der Waals surface area contributed by atoms with Gasteiger partial charge in [0, 0.05) is 35.4 Å². The van der Waals surface area contributed by atoms with E-state index in [4.69, 9.17) is 4.74 Å². The van der Waals surface area contributed by atoms with E-state index in [0.29, 0.717) is 6.61 Å². The van der Waals surface area contributed by atoms with Gasteiger partial charge in [0.15, 0.2) is 0 Å². The fourth-order valence-electron chi connectivity index (χ4n) is 3.39. The van der Waals surface area contributed by atoms with Crippen LogP contribution >= 0.6 is 11.8 Å². The lowest BCUT2D eigenvalue weighted by atomic mass is 10.1. The highest BCUT2D eigenvalue weighted by molar-refractivity contribution is 8.00. The maximum atomic E-state index is 12.9. The van der Waals surface area contributed by atoms with Crippen LogP contribution in [-0.4, -0.2) is 22.1 Å². The summed E-state index contributed by atoms with van der Waals surface area (Å²) in [6.45, 7) is 2.92. The Morgan fingerprint density at radius 1 is 1.03 bits per heavy atom. The number of benzene rings is 2. The summed E-state index contributed by atoms with van der Waals surface area (Å²) in [6.07, 6.45) is 3.82. The Labute approximate surface area is 174 Å². The van der Waals surface area contributed by atoms with Crippen molar-refractivity contribution in [3.8, 4) is 0 Å². The molecule has 146 valence electrons. The van der Waals surface area contributed by atoms with Crippen LogP contribution in [0.15, 0.2) is 90.2 Å². The van der Waals surface area contributed by atoms with Gasteiger partial charge >= 0.3 is 5.97 Å². The zero-order chi connectivity index (χ0) is 20.1. The number of hydrogen-bond donors (Lipinski definition) is 0. The third kappa shape index (κ3) is 4.35. The molecule has 0 saturated heterocycles. The smallest absolute Gasteiger partial charge is 0.324 e. The van der Waals surface area contributed by atoms with Crippen LogP contribution in [0.25, 0.3) is 10.9 Å². The van der Waals surface area contributed by atoms with Gasteiger partial charge in [-0.3, -0.25) is 4.79 Å². The monoisotopic (exact) mass is 402 g/mol. The number of nitrogens with zero attached hydrogens (tertiary/aromatic N) is 2. The molecule has 2 aromatic carbocycles. The number of para-hydroxylation sites is 1. The van der Waals surface area contributed by atoms with Crippen LogP contribution in [0, 0.1) is 0 Å². The van der Waals surface area contributed by atoms with E-state index in [2.05, 4.69) is 40.0 Å². The molecule has 0 saturated carbocycles. The van der Waals surface area contributed by atoms with Crippen molar-refractivity contribution in [2.24, 2.45) is 0 Å². The normalized spacial score (nSPS) is 12.0. The highest BCUT2D eigenvalue weighted by atomic mass is 32.2. The SMILES string of the molecule is CCOC(=O)C(Sc1ccccn1)c1cn(Cc2ccccc2)c2ccccc12. The Morgan fingerprint density at radius 3 is 2.55 bits per heavy atom. The van der Waals surface area contributed by atoms with E-state index < -0.39 is 5.25 Å². The molecule has 1 atom stereocenters. The molecule has 0 fully saturated rings. The van der Waals surface area contributed by atoms with E-state index in [1.807, 2.05) is 55.5 Å². The lowest BCUT2D eigenvalue weighted by Gasteiger charge is -2.14. The number of carbonyl (C=O) groups excluding carboxylic acids is 1. The summed E-state index contributed by atoms with van der Waals surface area (Å²) >= 11 is 1.43. The molecule has 29 heavy (non-hydrogen) atoms. The van der Waals surface area contributed by atoms with E-state index in [9.17, 15) is 4.79 Å². The van der Waals surface area contributed by atoms with Crippen molar-refractivity contribution < 1.29 is 9.53 Å². The van der Waals surface area contributed by atoms with Crippen LogP contribution < -0.4 is 0 Å². The average molecular weight is 403 g/mol. The van der Waals surface area contributed by atoms with Gasteiger partial charge in [0.05, 0.1) is 11.6 Å². The molecule has 5 heteroatoms. The van der Waals surface area contributed by atoms with E-state index >= 15 is 0 Å². The van der Waals surface area contributed by atoms with Crippen molar-refractivity contribution in [1.82, 2.24) is 9.55 Å². The van der Waals surface area contributed by atoms with Gasteiger partial charge in [0.25, 0.3) is 0 Å².